The van der Waals surface area contributed by atoms with E-state index in [1.54, 1.807) is 0 Å². The Bertz CT molecular complexity index is 283. The van der Waals surface area contributed by atoms with Crippen LogP contribution in [-0.2, 0) is 9.53 Å². The first kappa shape index (κ1) is 18.0. The summed E-state index contributed by atoms with van der Waals surface area (Å²) in [7, 11) is 0. The highest BCUT2D eigenvalue weighted by molar-refractivity contribution is 5.87. The molecule has 0 rings (SSSR count). The lowest BCUT2D eigenvalue weighted by molar-refractivity contribution is -0.303. The summed E-state index contributed by atoms with van der Waals surface area (Å²) in [5, 5.41) is 0. The third-order valence-electron chi connectivity index (χ3n) is 2.79. The Morgan fingerprint density at radius 3 is 2.11 bits per heavy atom. The molecular formula is C14H23F3O2. The van der Waals surface area contributed by atoms with Crippen molar-refractivity contribution in [3.05, 3.63) is 11.6 Å². The molecule has 0 amide bonds. The number of hydrogen-bond acceptors (Lipinski definition) is 2. The van der Waals surface area contributed by atoms with E-state index in [1.165, 1.54) is 38.7 Å². The van der Waals surface area contributed by atoms with Crippen LogP contribution in [-0.4, -0.2) is 12.3 Å². The molecule has 0 aliphatic heterocycles. The lowest BCUT2D eigenvalue weighted by Crippen LogP contribution is -2.19. The van der Waals surface area contributed by atoms with Crippen LogP contribution in [0.3, 0.4) is 0 Å². The van der Waals surface area contributed by atoms with Crippen LogP contribution in [0.25, 0.3) is 0 Å². The number of carbonyl (C=O) groups is 1. The highest BCUT2D eigenvalue weighted by Crippen LogP contribution is 2.18. The number of hydrogen-bond donors (Lipinski definition) is 0. The maximum atomic E-state index is 11.8. The van der Waals surface area contributed by atoms with Crippen molar-refractivity contribution in [2.75, 3.05) is 0 Å². The monoisotopic (exact) mass is 280 g/mol. The normalized spacial score (nSPS) is 12.6. The number of esters is 1. The first-order valence-electron chi connectivity index (χ1n) is 6.83. The van der Waals surface area contributed by atoms with Crippen molar-refractivity contribution in [2.24, 2.45) is 0 Å². The van der Waals surface area contributed by atoms with E-state index >= 15 is 0 Å². The molecule has 112 valence electrons. The standard InChI is InChI=1S/C14H23F3O2/c1-3-4-5-6-7-8-9-10-11-12(2)13(18)19-14(15,16)17/h11H,3-10H2,1-2H3. The lowest BCUT2D eigenvalue weighted by Gasteiger charge is -2.07. The van der Waals surface area contributed by atoms with Gasteiger partial charge in [0.1, 0.15) is 0 Å². The predicted molar refractivity (Wildman–Crippen MR) is 68.5 cm³/mol. The summed E-state index contributed by atoms with van der Waals surface area (Å²) in [6.07, 6.45) is 5.21. The van der Waals surface area contributed by atoms with Gasteiger partial charge in [0.25, 0.3) is 0 Å². The van der Waals surface area contributed by atoms with Gasteiger partial charge in [-0.05, 0) is 19.8 Å². The zero-order valence-corrected chi connectivity index (χ0v) is 11.7. The molecule has 0 aromatic heterocycles. The fourth-order valence-corrected chi connectivity index (χ4v) is 1.69. The SMILES string of the molecule is CCCCCCCCCC=C(C)C(=O)OC(F)(F)F. The molecule has 0 aromatic carbocycles. The number of halogens is 3. The minimum absolute atomic E-state index is 0.0170. The summed E-state index contributed by atoms with van der Waals surface area (Å²) in [5.41, 5.74) is 0.0170. The van der Waals surface area contributed by atoms with Gasteiger partial charge in [0.05, 0.1) is 0 Å². The summed E-state index contributed by atoms with van der Waals surface area (Å²) >= 11 is 0. The average molecular weight is 280 g/mol. The van der Waals surface area contributed by atoms with Crippen LogP contribution < -0.4 is 0 Å². The van der Waals surface area contributed by atoms with Crippen LogP contribution in [0.2, 0.25) is 0 Å². The molecule has 0 heterocycles. The number of rotatable bonds is 9. The van der Waals surface area contributed by atoms with E-state index in [1.807, 2.05) is 0 Å². The predicted octanol–water partition coefficient (Wildman–Crippen LogP) is 5.14. The van der Waals surface area contributed by atoms with E-state index in [0.29, 0.717) is 6.42 Å². The fraction of sp³-hybridized carbons (Fsp3) is 0.786. The second-order valence-corrected chi connectivity index (χ2v) is 4.63. The highest BCUT2D eigenvalue weighted by Gasteiger charge is 2.34. The fourth-order valence-electron chi connectivity index (χ4n) is 1.69. The van der Waals surface area contributed by atoms with Gasteiger partial charge in [0, 0.05) is 5.57 Å². The van der Waals surface area contributed by atoms with Crippen LogP contribution >= 0.6 is 0 Å². The Morgan fingerprint density at radius 2 is 1.58 bits per heavy atom. The van der Waals surface area contributed by atoms with Crippen molar-refractivity contribution in [1.82, 2.24) is 0 Å². The Hall–Kier alpha value is -1.00. The zero-order valence-electron chi connectivity index (χ0n) is 11.7. The number of alkyl halides is 3. The second-order valence-electron chi connectivity index (χ2n) is 4.63. The van der Waals surface area contributed by atoms with Crippen molar-refractivity contribution in [3.8, 4) is 0 Å². The molecule has 0 aromatic rings. The first-order valence-corrected chi connectivity index (χ1v) is 6.83. The maximum absolute atomic E-state index is 11.8. The molecule has 0 spiro atoms. The molecule has 0 radical (unpaired) electrons. The zero-order chi connectivity index (χ0) is 14.7. The summed E-state index contributed by atoms with van der Waals surface area (Å²) in [4.78, 5) is 11.0. The Balaban J connectivity index is 3.67. The van der Waals surface area contributed by atoms with E-state index in [0.717, 1.165) is 19.3 Å². The third-order valence-corrected chi connectivity index (χ3v) is 2.79. The summed E-state index contributed by atoms with van der Waals surface area (Å²) in [6, 6.07) is 0. The minimum atomic E-state index is -4.90. The van der Waals surface area contributed by atoms with Crippen LogP contribution in [0.4, 0.5) is 13.2 Å². The summed E-state index contributed by atoms with van der Waals surface area (Å²) in [5.74, 6) is -1.31. The molecule has 19 heavy (non-hydrogen) atoms. The first-order chi connectivity index (χ1) is 8.87. The number of unbranched alkanes of at least 4 members (excludes halogenated alkanes) is 7. The van der Waals surface area contributed by atoms with E-state index in [4.69, 9.17) is 0 Å². The van der Waals surface area contributed by atoms with Crippen molar-refractivity contribution in [3.63, 3.8) is 0 Å². The van der Waals surface area contributed by atoms with E-state index in [2.05, 4.69) is 11.7 Å². The molecule has 0 N–H and O–H groups in total. The van der Waals surface area contributed by atoms with Gasteiger partial charge < -0.3 is 4.74 Å². The Morgan fingerprint density at radius 1 is 1.05 bits per heavy atom. The van der Waals surface area contributed by atoms with Crippen LogP contribution in [0.15, 0.2) is 11.6 Å². The molecule has 0 fully saturated rings. The highest BCUT2D eigenvalue weighted by atomic mass is 19.4. The number of ether oxygens (including phenoxy) is 1. The molecule has 0 aliphatic rings. The Kier molecular flexibility index (Phi) is 9.35. The van der Waals surface area contributed by atoms with E-state index in [-0.39, 0.29) is 5.57 Å². The quantitative estimate of drug-likeness (QED) is 0.332. The van der Waals surface area contributed by atoms with Gasteiger partial charge in [-0.15, -0.1) is 13.2 Å². The molecule has 0 bridgehead atoms. The van der Waals surface area contributed by atoms with Crippen LogP contribution in [0, 0.1) is 0 Å². The van der Waals surface area contributed by atoms with Gasteiger partial charge in [-0.1, -0.05) is 51.5 Å². The smallest absolute Gasteiger partial charge is 0.369 e. The second kappa shape index (κ2) is 9.87. The van der Waals surface area contributed by atoms with E-state index < -0.39 is 12.3 Å². The number of carbonyl (C=O) groups excluding carboxylic acids is 1. The van der Waals surface area contributed by atoms with Gasteiger partial charge in [0.15, 0.2) is 0 Å². The minimum Gasteiger partial charge on any atom is -0.369 e. The molecule has 0 saturated heterocycles. The third kappa shape index (κ3) is 11.8. The topological polar surface area (TPSA) is 26.3 Å². The van der Waals surface area contributed by atoms with Crippen molar-refractivity contribution >= 4 is 5.97 Å². The molecule has 0 saturated carbocycles. The number of allylic oxidation sites excluding steroid dienone is 1. The molecule has 0 unspecified atom stereocenters. The molecule has 0 atom stereocenters. The molecule has 0 aliphatic carbocycles. The molecular weight excluding hydrogens is 257 g/mol. The van der Waals surface area contributed by atoms with Crippen LogP contribution in [0.5, 0.6) is 0 Å². The van der Waals surface area contributed by atoms with Crippen LogP contribution in [0.1, 0.15) is 65.2 Å². The summed E-state index contributed by atoms with van der Waals surface area (Å²) in [6.45, 7) is 3.50. The Labute approximate surface area is 113 Å². The van der Waals surface area contributed by atoms with Gasteiger partial charge in [-0.25, -0.2) is 4.79 Å². The van der Waals surface area contributed by atoms with Gasteiger partial charge in [-0.2, -0.15) is 0 Å². The van der Waals surface area contributed by atoms with Gasteiger partial charge in [0.2, 0.25) is 0 Å². The van der Waals surface area contributed by atoms with Crippen molar-refractivity contribution in [2.45, 2.75) is 71.6 Å². The molecule has 5 heteroatoms. The van der Waals surface area contributed by atoms with Crippen molar-refractivity contribution in [1.29, 1.82) is 0 Å². The average Bonchev–Trinajstić information content (AvgIpc) is 2.30. The van der Waals surface area contributed by atoms with Crippen molar-refractivity contribution < 1.29 is 22.7 Å². The maximum Gasteiger partial charge on any atom is 0.575 e. The molecule has 2 nitrogen and oxygen atoms in total. The van der Waals surface area contributed by atoms with E-state index in [9.17, 15) is 18.0 Å². The largest absolute Gasteiger partial charge is 0.575 e. The lowest BCUT2D eigenvalue weighted by atomic mass is 10.1. The van der Waals surface area contributed by atoms with Gasteiger partial charge in [-0.3, -0.25) is 0 Å². The van der Waals surface area contributed by atoms with Gasteiger partial charge >= 0.3 is 12.3 Å². The summed E-state index contributed by atoms with van der Waals surface area (Å²) < 4.78 is 38.7.